The number of carbonyl (C=O) groups is 3. The molecule has 0 heterocycles. The third-order valence-electron chi connectivity index (χ3n) is 5.79. The highest BCUT2D eigenvalue weighted by Gasteiger charge is 2.33. The Bertz CT molecular complexity index is 1250. The molecule has 0 radical (unpaired) electrons. The zero-order valence-electron chi connectivity index (χ0n) is 22.2. The molecule has 13 nitrogen and oxygen atoms in total. The average molecular weight is 578 g/mol. The van der Waals surface area contributed by atoms with Gasteiger partial charge in [-0.2, -0.15) is 4.31 Å². The Hall–Kier alpha value is -4.01. The number of rotatable bonds is 15. The van der Waals surface area contributed by atoms with Gasteiger partial charge in [0, 0.05) is 13.1 Å². The molecule has 2 aromatic rings. The number of primary amides is 1. The molecule has 0 fully saturated rings. The minimum absolute atomic E-state index is 0.0498. The summed E-state index contributed by atoms with van der Waals surface area (Å²) in [4.78, 5) is 35.5. The monoisotopic (exact) mass is 577 g/mol. The fourth-order valence-electron chi connectivity index (χ4n) is 3.95. The normalized spacial score (nSPS) is 14.1. The van der Waals surface area contributed by atoms with Gasteiger partial charge >= 0.3 is 6.09 Å². The molecule has 0 bridgehead atoms. The van der Waals surface area contributed by atoms with Crippen LogP contribution in [0.3, 0.4) is 0 Å². The number of amides is 3. The van der Waals surface area contributed by atoms with Crippen LogP contribution in [0.25, 0.3) is 0 Å². The lowest BCUT2D eigenvalue weighted by atomic mass is 10.00. The Kier molecular flexibility index (Phi) is 12.0. The number of aliphatic hydroxyl groups excluding tert-OH is 1. The van der Waals surface area contributed by atoms with Gasteiger partial charge in [0.2, 0.25) is 21.8 Å². The van der Waals surface area contributed by atoms with E-state index in [0.717, 1.165) is 10.5 Å². The van der Waals surface area contributed by atoms with Gasteiger partial charge in [0.25, 0.3) is 0 Å². The lowest BCUT2D eigenvalue weighted by Crippen LogP contribution is -2.56. The van der Waals surface area contributed by atoms with Crippen LogP contribution in [0.1, 0.15) is 31.4 Å². The predicted octanol–water partition coefficient (Wildman–Crippen LogP) is 0.741. The second kappa shape index (κ2) is 15.0. The number of carboxylic acid groups (broad SMARTS) is 1. The summed E-state index contributed by atoms with van der Waals surface area (Å²) < 4.78 is 28.2. The molecule has 0 aliphatic carbocycles. The van der Waals surface area contributed by atoms with Crippen molar-refractivity contribution in [3.8, 4) is 0 Å². The van der Waals surface area contributed by atoms with E-state index in [1.807, 2.05) is 19.2 Å². The molecule has 218 valence electrons. The molecular formula is C26H35N5O8S. The first-order chi connectivity index (χ1) is 18.8. The molecule has 2 rings (SSSR count). The van der Waals surface area contributed by atoms with Crippen molar-refractivity contribution in [2.24, 2.45) is 16.8 Å². The molecule has 0 aromatic heterocycles. The number of nitrogens with zero attached hydrogens (tertiary/aromatic N) is 2. The number of carbonyl (C=O) groups excluding carboxylic acids is 2. The van der Waals surface area contributed by atoms with E-state index in [-0.39, 0.29) is 23.8 Å². The summed E-state index contributed by atoms with van der Waals surface area (Å²) in [5.41, 5.74) is 6.36. The van der Waals surface area contributed by atoms with Crippen LogP contribution < -0.4 is 16.4 Å². The maximum atomic E-state index is 13.5. The standard InChI is InChI=1S/C26H35N5O8S/c1-17(2)15-31(40(38,39)20-10-8-19(9-11-20)14-28-37)16-23(32)21(12-18-6-4-3-5-7-18)29-25(34)22(13-24(27)33)30-26(35)36/h3-11,14,17,21-23,30,32,37H,12-13,15-16H2,1-2H3,(H2,27,33)(H,29,34)(H,35,36)/b28-14+/t21-,22-,23+/m0/s1. The van der Waals surface area contributed by atoms with Crippen LogP contribution in [0.4, 0.5) is 4.79 Å². The van der Waals surface area contributed by atoms with Gasteiger partial charge in [0.15, 0.2) is 0 Å². The first-order valence-electron chi connectivity index (χ1n) is 12.4. The van der Waals surface area contributed by atoms with E-state index in [4.69, 9.17) is 16.0 Å². The summed E-state index contributed by atoms with van der Waals surface area (Å²) in [6.07, 6.45) is -2.37. The maximum absolute atomic E-state index is 13.5. The van der Waals surface area contributed by atoms with Gasteiger partial charge < -0.3 is 31.8 Å². The minimum atomic E-state index is -4.10. The van der Waals surface area contributed by atoms with Gasteiger partial charge in [-0.3, -0.25) is 9.59 Å². The molecule has 3 amide bonds. The van der Waals surface area contributed by atoms with Crippen LogP contribution in [0.5, 0.6) is 0 Å². The quantitative estimate of drug-likeness (QED) is 0.101. The summed E-state index contributed by atoms with van der Waals surface area (Å²) in [7, 11) is -4.10. The third-order valence-corrected chi connectivity index (χ3v) is 7.64. The molecule has 40 heavy (non-hydrogen) atoms. The second-order valence-corrected chi connectivity index (χ2v) is 11.5. The molecule has 0 saturated heterocycles. The number of oxime groups is 1. The SMILES string of the molecule is CC(C)CN(C[C@@H](O)[C@H](Cc1ccccc1)NC(=O)[C@H](CC(N)=O)NC(=O)O)S(=O)(=O)c1ccc(/C=N/O)cc1. The highest BCUT2D eigenvalue weighted by molar-refractivity contribution is 7.89. The number of nitrogens with two attached hydrogens (primary N) is 1. The van der Waals surface area contributed by atoms with E-state index in [0.29, 0.717) is 11.1 Å². The van der Waals surface area contributed by atoms with E-state index >= 15 is 0 Å². The minimum Gasteiger partial charge on any atom is -0.465 e. The van der Waals surface area contributed by atoms with E-state index < -0.39 is 59.1 Å². The Morgan fingerprint density at radius 3 is 2.17 bits per heavy atom. The molecule has 3 atom stereocenters. The Morgan fingerprint density at radius 1 is 1.02 bits per heavy atom. The molecule has 0 saturated carbocycles. The number of hydrogen-bond donors (Lipinski definition) is 6. The molecule has 0 aliphatic heterocycles. The van der Waals surface area contributed by atoms with Crippen molar-refractivity contribution >= 4 is 34.1 Å². The Balaban J connectivity index is 2.38. The fraction of sp³-hybridized carbons (Fsp3) is 0.385. The average Bonchev–Trinajstić information content (AvgIpc) is 2.87. The van der Waals surface area contributed by atoms with Crippen LogP contribution in [-0.2, 0) is 26.0 Å². The van der Waals surface area contributed by atoms with E-state index in [9.17, 15) is 27.9 Å². The predicted molar refractivity (Wildman–Crippen MR) is 146 cm³/mol. The van der Waals surface area contributed by atoms with Gasteiger partial charge in [-0.15, -0.1) is 0 Å². The third kappa shape index (κ3) is 9.94. The molecule has 0 spiro atoms. The molecular weight excluding hydrogens is 542 g/mol. The highest BCUT2D eigenvalue weighted by Crippen LogP contribution is 2.20. The van der Waals surface area contributed by atoms with Crippen LogP contribution in [-0.4, -0.2) is 83.5 Å². The second-order valence-electron chi connectivity index (χ2n) is 9.57. The summed E-state index contributed by atoms with van der Waals surface area (Å²) in [6.45, 7) is 3.27. The summed E-state index contributed by atoms with van der Waals surface area (Å²) in [5, 5.41) is 36.5. The van der Waals surface area contributed by atoms with Crippen LogP contribution >= 0.6 is 0 Å². The summed E-state index contributed by atoms with van der Waals surface area (Å²) in [5.74, 6) is -1.94. The topological polar surface area (TPSA) is 212 Å². The van der Waals surface area contributed by atoms with Crippen LogP contribution in [0.2, 0.25) is 0 Å². The molecule has 0 aliphatic rings. The van der Waals surface area contributed by atoms with Gasteiger partial charge in [0.1, 0.15) is 6.04 Å². The lowest BCUT2D eigenvalue weighted by Gasteiger charge is -2.31. The number of benzene rings is 2. The van der Waals surface area contributed by atoms with Gasteiger partial charge in [0.05, 0.1) is 29.7 Å². The number of nitrogens with one attached hydrogen (secondary N) is 2. The lowest BCUT2D eigenvalue weighted by molar-refractivity contribution is -0.128. The van der Waals surface area contributed by atoms with E-state index in [1.165, 1.54) is 24.3 Å². The zero-order chi connectivity index (χ0) is 29.9. The molecule has 14 heteroatoms. The molecule has 7 N–H and O–H groups in total. The fourth-order valence-corrected chi connectivity index (χ4v) is 5.57. The van der Waals surface area contributed by atoms with Crippen molar-refractivity contribution in [1.82, 2.24) is 14.9 Å². The van der Waals surface area contributed by atoms with Crippen LogP contribution in [0, 0.1) is 5.92 Å². The van der Waals surface area contributed by atoms with Gasteiger partial charge in [-0.1, -0.05) is 61.5 Å². The van der Waals surface area contributed by atoms with Crippen molar-refractivity contribution in [2.75, 3.05) is 13.1 Å². The molecule has 0 unspecified atom stereocenters. The van der Waals surface area contributed by atoms with Crippen molar-refractivity contribution < 1.29 is 38.2 Å². The van der Waals surface area contributed by atoms with Gasteiger partial charge in [-0.25, -0.2) is 13.2 Å². The van der Waals surface area contributed by atoms with E-state index in [2.05, 4.69) is 10.5 Å². The number of sulfonamides is 1. The smallest absolute Gasteiger partial charge is 0.405 e. The highest BCUT2D eigenvalue weighted by atomic mass is 32.2. The van der Waals surface area contributed by atoms with E-state index in [1.54, 1.807) is 30.3 Å². The van der Waals surface area contributed by atoms with Gasteiger partial charge in [-0.05, 0) is 35.6 Å². The van der Waals surface area contributed by atoms with Crippen molar-refractivity contribution in [3.05, 3.63) is 65.7 Å². The number of aliphatic hydroxyl groups is 1. The Morgan fingerprint density at radius 2 is 1.65 bits per heavy atom. The van der Waals surface area contributed by atoms with Crippen molar-refractivity contribution in [3.63, 3.8) is 0 Å². The maximum Gasteiger partial charge on any atom is 0.405 e. The first kappa shape index (κ1) is 32.2. The summed E-state index contributed by atoms with van der Waals surface area (Å²) >= 11 is 0. The zero-order valence-corrected chi connectivity index (χ0v) is 23.0. The number of hydrogen-bond acceptors (Lipinski definition) is 8. The first-order valence-corrected chi connectivity index (χ1v) is 13.8. The van der Waals surface area contributed by atoms with Crippen molar-refractivity contribution in [2.45, 2.75) is 49.8 Å². The summed E-state index contributed by atoms with van der Waals surface area (Å²) in [6, 6.07) is 11.8. The van der Waals surface area contributed by atoms with Crippen LogP contribution in [0.15, 0.2) is 64.6 Å². The largest absolute Gasteiger partial charge is 0.465 e. The molecule has 2 aromatic carbocycles. The Labute approximate surface area is 232 Å². The van der Waals surface area contributed by atoms with Crippen molar-refractivity contribution in [1.29, 1.82) is 0 Å².